The highest BCUT2D eigenvalue weighted by atomic mass is 35.5. The van der Waals surface area contributed by atoms with Crippen molar-refractivity contribution in [3.05, 3.63) is 23.2 Å². The molecule has 21 heavy (non-hydrogen) atoms. The lowest BCUT2D eigenvalue weighted by Crippen LogP contribution is -2.18. The Labute approximate surface area is 129 Å². The average Bonchev–Trinajstić information content (AvgIpc) is 3.08. The van der Waals surface area contributed by atoms with E-state index in [1.165, 1.54) is 12.8 Å². The second-order valence-corrected chi connectivity index (χ2v) is 6.26. The number of rotatable bonds is 3. The fraction of sp³-hybridized carbons (Fsp3) is 0.533. The molecule has 2 aromatic rings. The van der Waals surface area contributed by atoms with Crippen molar-refractivity contribution in [2.45, 2.75) is 39.2 Å². The van der Waals surface area contributed by atoms with Gasteiger partial charge in [0.1, 0.15) is 0 Å². The van der Waals surface area contributed by atoms with Gasteiger partial charge in [0, 0.05) is 5.56 Å². The van der Waals surface area contributed by atoms with E-state index in [9.17, 15) is 0 Å². The molecule has 1 aromatic carbocycles. The van der Waals surface area contributed by atoms with Gasteiger partial charge in [0.05, 0.1) is 16.8 Å². The van der Waals surface area contributed by atoms with Crippen LogP contribution in [0.4, 0.5) is 5.69 Å². The first kappa shape index (κ1) is 14.3. The van der Waals surface area contributed by atoms with Crippen LogP contribution in [0.3, 0.4) is 0 Å². The SMILES string of the molecule is CCC1CCC(n2nnnc2-c2ccc(Cl)c(N)c2)C1C. The molecule has 0 radical (unpaired) electrons. The molecule has 6 heteroatoms. The summed E-state index contributed by atoms with van der Waals surface area (Å²) >= 11 is 5.99. The molecule has 5 nitrogen and oxygen atoms in total. The minimum atomic E-state index is 0.358. The maximum absolute atomic E-state index is 5.99. The molecule has 1 aromatic heterocycles. The van der Waals surface area contributed by atoms with E-state index in [0.717, 1.165) is 23.7 Å². The summed E-state index contributed by atoms with van der Waals surface area (Å²) in [5.41, 5.74) is 7.35. The Kier molecular flexibility index (Phi) is 3.85. The number of anilines is 1. The van der Waals surface area contributed by atoms with Crippen LogP contribution >= 0.6 is 11.6 Å². The number of hydrogen-bond donors (Lipinski definition) is 1. The summed E-state index contributed by atoms with van der Waals surface area (Å²) in [4.78, 5) is 0. The first-order valence-corrected chi connectivity index (χ1v) is 7.82. The largest absolute Gasteiger partial charge is 0.398 e. The van der Waals surface area contributed by atoms with Crippen molar-refractivity contribution in [3.8, 4) is 11.4 Å². The highest BCUT2D eigenvalue weighted by Crippen LogP contribution is 2.42. The van der Waals surface area contributed by atoms with Crippen LogP contribution in [-0.4, -0.2) is 20.2 Å². The fourth-order valence-electron chi connectivity index (χ4n) is 3.44. The van der Waals surface area contributed by atoms with E-state index in [1.54, 1.807) is 6.07 Å². The van der Waals surface area contributed by atoms with Crippen molar-refractivity contribution < 1.29 is 0 Å². The molecule has 0 aliphatic heterocycles. The van der Waals surface area contributed by atoms with E-state index < -0.39 is 0 Å². The number of hydrogen-bond acceptors (Lipinski definition) is 4. The van der Waals surface area contributed by atoms with Crippen molar-refractivity contribution in [2.75, 3.05) is 5.73 Å². The molecule has 3 rings (SSSR count). The van der Waals surface area contributed by atoms with Crippen LogP contribution in [0.1, 0.15) is 39.2 Å². The zero-order chi connectivity index (χ0) is 15.0. The van der Waals surface area contributed by atoms with Gasteiger partial charge in [-0.15, -0.1) is 5.10 Å². The van der Waals surface area contributed by atoms with Crippen LogP contribution in [0.2, 0.25) is 5.02 Å². The number of halogens is 1. The highest BCUT2D eigenvalue weighted by Gasteiger charge is 2.35. The predicted molar refractivity (Wildman–Crippen MR) is 83.9 cm³/mol. The molecule has 1 fully saturated rings. The maximum atomic E-state index is 5.99. The lowest BCUT2D eigenvalue weighted by Gasteiger charge is -2.20. The average molecular weight is 306 g/mol. The highest BCUT2D eigenvalue weighted by molar-refractivity contribution is 6.33. The summed E-state index contributed by atoms with van der Waals surface area (Å²) in [6.45, 7) is 4.55. The van der Waals surface area contributed by atoms with Crippen LogP contribution in [0.15, 0.2) is 18.2 Å². The van der Waals surface area contributed by atoms with E-state index >= 15 is 0 Å². The van der Waals surface area contributed by atoms with Crippen molar-refractivity contribution in [1.82, 2.24) is 20.2 Å². The normalized spacial score (nSPS) is 25.4. The van der Waals surface area contributed by atoms with Gasteiger partial charge in [-0.2, -0.15) is 0 Å². The Hall–Kier alpha value is -1.62. The van der Waals surface area contributed by atoms with Gasteiger partial charge >= 0.3 is 0 Å². The van der Waals surface area contributed by atoms with Gasteiger partial charge in [0.2, 0.25) is 0 Å². The zero-order valence-electron chi connectivity index (χ0n) is 12.3. The Morgan fingerprint density at radius 1 is 1.38 bits per heavy atom. The topological polar surface area (TPSA) is 69.6 Å². The smallest absolute Gasteiger partial charge is 0.182 e. The second kappa shape index (κ2) is 5.64. The van der Waals surface area contributed by atoms with Crippen LogP contribution in [0.25, 0.3) is 11.4 Å². The molecule has 0 spiro atoms. The zero-order valence-corrected chi connectivity index (χ0v) is 13.1. The van der Waals surface area contributed by atoms with Crippen molar-refractivity contribution in [2.24, 2.45) is 11.8 Å². The maximum Gasteiger partial charge on any atom is 0.182 e. The predicted octanol–water partition coefficient (Wildman–Crippen LogP) is 3.57. The Balaban J connectivity index is 1.96. The number of nitrogens with zero attached hydrogens (tertiary/aromatic N) is 4. The molecule has 3 atom stereocenters. The first-order chi connectivity index (χ1) is 10.1. The van der Waals surface area contributed by atoms with Crippen molar-refractivity contribution in [1.29, 1.82) is 0 Å². The molecule has 3 unspecified atom stereocenters. The molecule has 0 saturated heterocycles. The van der Waals surface area contributed by atoms with E-state index in [4.69, 9.17) is 17.3 Å². The summed E-state index contributed by atoms with van der Waals surface area (Å²) in [5, 5.41) is 12.8. The van der Waals surface area contributed by atoms with E-state index in [1.807, 2.05) is 16.8 Å². The molecule has 112 valence electrons. The third-order valence-corrected chi connectivity index (χ3v) is 5.11. The monoisotopic (exact) mass is 305 g/mol. The van der Waals surface area contributed by atoms with Crippen molar-refractivity contribution >= 4 is 17.3 Å². The van der Waals surface area contributed by atoms with Gasteiger partial charge in [-0.25, -0.2) is 4.68 Å². The molecule has 1 aliphatic rings. The van der Waals surface area contributed by atoms with Crippen LogP contribution in [0, 0.1) is 11.8 Å². The van der Waals surface area contributed by atoms with E-state index in [0.29, 0.717) is 22.7 Å². The van der Waals surface area contributed by atoms with Gasteiger partial charge in [-0.05, 0) is 53.3 Å². The first-order valence-electron chi connectivity index (χ1n) is 7.45. The number of benzene rings is 1. The van der Waals surface area contributed by atoms with E-state index in [2.05, 4.69) is 29.4 Å². The third-order valence-electron chi connectivity index (χ3n) is 4.77. The summed E-state index contributed by atoms with van der Waals surface area (Å²) < 4.78 is 1.96. The standard InChI is InChI=1S/C15H20ClN5/c1-3-10-5-7-14(9(10)2)21-15(18-19-20-21)11-4-6-12(16)13(17)8-11/h4,6,8-10,14H,3,5,7,17H2,1-2H3. The summed E-state index contributed by atoms with van der Waals surface area (Å²) in [6.07, 6.45) is 3.58. The van der Waals surface area contributed by atoms with Crippen LogP contribution in [-0.2, 0) is 0 Å². The summed E-state index contributed by atoms with van der Waals surface area (Å²) in [6, 6.07) is 5.90. The van der Waals surface area contributed by atoms with Crippen LogP contribution < -0.4 is 5.73 Å². The molecular weight excluding hydrogens is 286 g/mol. The third kappa shape index (κ3) is 2.50. The molecule has 1 heterocycles. The second-order valence-electron chi connectivity index (χ2n) is 5.86. The molecular formula is C15H20ClN5. The lowest BCUT2D eigenvalue weighted by molar-refractivity contribution is 0.310. The molecule has 1 saturated carbocycles. The lowest BCUT2D eigenvalue weighted by atomic mass is 9.93. The molecule has 0 amide bonds. The minimum Gasteiger partial charge on any atom is -0.398 e. The molecule has 1 aliphatic carbocycles. The Morgan fingerprint density at radius 2 is 2.19 bits per heavy atom. The Bertz CT molecular complexity index is 639. The van der Waals surface area contributed by atoms with Gasteiger partial charge in [-0.1, -0.05) is 31.9 Å². The van der Waals surface area contributed by atoms with Gasteiger partial charge in [0.15, 0.2) is 5.82 Å². The number of tetrazole rings is 1. The fourth-order valence-corrected chi connectivity index (χ4v) is 3.55. The van der Waals surface area contributed by atoms with Gasteiger partial charge in [-0.3, -0.25) is 0 Å². The van der Waals surface area contributed by atoms with Gasteiger partial charge < -0.3 is 5.73 Å². The number of nitrogen functional groups attached to an aromatic ring is 1. The van der Waals surface area contributed by atoms with Crippen molar-refractivity contribution in [3.63, 3.8) is 0 Å². The van der Waals surface area contributed by atoms with Crippen LogP contribution in [0.5, 0.6) is 0 Å². The molecule has 0 bridgehead atoms. The number of aromatic nitrogens is 4. The summed E-state index contributed by atoms with van der Waals surface area (Å²) in [5.74, 6) is 2.11. The summed E-state index contributed by atoms with van der Waals surface area (Å²) in [7, 11) is 0. The Morgan fingerprint density at radius 3 is 2.86 bits per heavy atom. The van der Waals surface area contributed by atoms with E-state index in [-0.39, 0.29) is 0 Å². The van der Waals surface area contributed by atoms with Gasteiger partial charge in [0.25, 0.3) is 0 Å². The quantitative estimate of drug-likeness (QED) is 0.880. The molecule has 2 N–H and O–H groups in total. The number of nitrogens with two attached hydrogens (primary N) is 1. The minimum absolute atomic E-state index is 0.358.